The number of amides is 1. The topological polar surface area (TPSA) is 49.3 Å². The highest BCUT2D eigenvalue weighted by molar-refractivity contribution is 14.1. The normalized spacial score (nSPS) is 10.1. The molecule has 0 bridgehead atoms. The summed E-state index contributed by atoms with van der Waals surface area (Å²) in [6, 6.07) is 12.2. The van der Waals surface area contributed by atoms with Gasteiger partial charge in [0.25, 0.3) is 5.91 Å². The molecule has 2 N–H and O–H groups in total. The van der Waals surface area contributed by atoms with Crippen molar-refractivity contribution in [3.63, 3.8) is 0 Å². The number of halogens is 2. The highest BCUT2D eigenvalue weighted by Crippen LogP contribution is 2.23. The van der Waals surface area contributed by atoms with Crippen molar-refractivity contribution in [2.24, 2.45) is 0 Å². The zero-order valence-electron chi connectivity index (χ0n) is 9.15. The van der Waals surface area contributed by atoms with Crippen LogP contribution in [0.4, 0.5) is 5.69 Å². The molecular formula is C13H9BrINO2. The molecule has 0 unspecified atom stereocenters. The Balaban J connectivity index is 2.24. The fraction of sp³-hybridized carbons (Fsp3) is 0. The number of nitrogens with one attached hydrogen (secondary N) is 1. The highest BCUT2D eigenvalue weighted by atomic mass is 127. The molecule has 1 amide bonds. The third kappa shape index (κ3) is 3.23. The number of phenolic OH excluding ortho intramolecular Hbond substituents is 1. The van der Waals surface area contributed by atoms with Crippen LogP contribution in [0.5, 0.6) is 5.75 Å². The maximum atomic E-state index is 12.0. The summed E-state index contributed by atoms with van der Waals surface area (Å²) >= 11 is 5.44. The molecule has 0 aliphatic carbocycles. The summed E-state index contributed by atoms with van der Waals surface area (Å²) in [6.07, 6.45) is 0. The molecule has 0 saturated carbocycles. The van der Waals surface area contributed by atoms with Gasteiger partial charge in [0.15, 0.2) is 0 Å². The first-order valence-corrected chi connectivity index (χ1v) is 6.99. The van der Waals surface area contributed by atoms with Crippen LogP contribution < -0.4 is 5.32 Å². The Morgan fingerprint density at radius 1 is 1.22 bits per heavy atom. The molecule has 2 aromatic rings. The zero-order chi connectivity index (χ0) is 13.1. The van der Waals surface area contributed by atoms with Crippen LogP contribution in [0.2, 0.25) is 0 Å². The summed E-state index contributed by atoms with van der Waals surface area (Å²) in [6.45, 7) is 0. The van der Waals surface area contributed by atoms with Crippen molar-refractivity contribution in [2.75, 3.05) is 5.32 Å². The first-order valence-electron chi connectivity index (χ1n) is 5.12. The summed E-state index contributed by atoms with van der Waals surface area (Å²) in [7, 11) is 0. The zero-order valence-corrected chi connectivity index (χ0v) is 12.9. The second kappa shape index (κ2) is 5.71. The maximum absolute atomic E-state index is 12.0. The van der Waals surface area contributed by atoms with Crippen molar-refractivity contribution in [1.82, 2.24) is 0 Å². The van der Waals surface area contributed by atoms with E-state index in [0.717, 1.165) is 8.04 Å². The van der Waals surface area contributed by atoms with E-state index in [-0.39, 0.29) is 17.2 Å². The third-order valence-electron chi connectivity index (χ3n) is 2.29. The summed E-state index contributed by atoms with van der Waals surface area (Å²) in [5.74, 6) is -0.378. The molecule has 0 aromatic heterocycles. The van der Waals surface area contributed by atoms with Crippen LogP contribution in [0, 0.1) is 3.57 Å². The average molecular weight is 418 g/mol. The number of benzene rings is 2. The first kappa shape index (κ1) is 13.4. The third-order valence-corrected chi connectivity index (χ3v) is 3.45. The van der Waals surface area contributed by atoms with Crippen molar-refractivity contribution in [2.45, 2.75) is 0 Å². The molecule has 0 aliphatic rings. The van der Waals surface area contributed by atoms with Gasteiger partial charge in [-0.05, 0) is 59.0 Å². The highest BCUT2D eigenvalue weighted by Gasteiger charge is 2.11. The smallest absolute Gasteiger partial charge is 0.259 e. The molecule has 0 saturated heterocycles. The number of hydrogen-bond acceptors (Lipinski definition) is 2. The van der Waals surface area contributed by atoms with E-state index in [1.807, 2.05) is 18.2 Å². The lowest BCUT2D eigenvalue weighted by Gasteiger charge is -2.07. The Kier molecular flexibility index (Phi) is 4.23. The molecular weight excluding hydrogens is 409 g/mol. The van der Waals surface area contributed by atoms with E-state index in [9.17, 15) is 9.90 Å². The summed E-state index contributed by atoms with van der Waals surface area (Å²) < 4.78 is 1.77. The Labute approximate surface area is 126 Å². The number of carbonyl (C=O) groups is 1. The summed E-state index contributed by atoms with van der Waals surface area (Å²) in [5, 5.41) is 12.4. The van der Waals surface area contributed by atoms with Gasteiger partial charge in [-0.3, -0.25) is 4.79 Å². The van der Waals surface area contributed by atoms with Crippen LogP contribution in [0.3, 0.4) is 0 Å². The lowest BCUT2D eigenvalue weighted by Crippen LogP contribution is -2.12. The molecule has 0 radical (unpaired) electrons. The predicted octanol–water partition coefficient (Wildman–Crippen LogP) is 4.01. The van der Waals surface area contributed by atoms with Gasteiger partial charge in [-0.25, -0.2) is 0 Å². The number of rotatable bonds is 2. The van der Waals surface area contributed by atoms with Gasteiger partial charge in [0, 0.05) is 13.7 Å². The molecule has 0 atom stereocenters. The van der Waals surface area contributed by atoms with E-state index in [2.05, 4.69) is 43.8 Å². The standard InChI is InChI=1S/C13H9BrINO2/c14-8-4-5-12(17)11(6-8)13(18)16-10-3-1-2-9(15)7-10/h1-7,17H,(H,16,18). The molecule has 0 spiro atoms. The lowest BCUT2D eigenvalue weighted by atomic mass is 10.2. The van der Waals surface area contributed by atoms with E-state index >= 15 is 0 Å². The van der Waals surface area contributed by atoms with Crippen LogP contribution in [-0.2, 0) is 0 Å². The van der Waals surface area contributed by atoms with Crippen molar-refractivity contribution < 1.29 is 9.90 Å². The number of carbonyl (C=O) groups excluding carboxylic acids is 1. The van der Waals surface area contributed by atoms with Gasteiger partial charge in [-0.15, -0.1) is 0 Å². The van der Waals surface area contributed by atoms with Gasteiger partial charge in [-0.2, -0.15) is 0 Å². The molecule has 0 heterocycles. The number of hydrogen-bond donors (Lipinski definition) is 2. The van der Waals surface area contributed by atoms with Crippen molar-refractivity contribution in [3.8, 4) is 5.75 Å². The molecule has 5 heteroatoms. The monoisotopic (exact) mass is 417 g/mol. The molecule has 18 heavy (non-hydrogen) atoms. The van der Waals surface area contributed by atoms with Crippen LogP contribution in [0.1, 0.15) is 10.4 Å². The first-order chi connectivity index (χ1) is 8.56. The molecule has 3 nitrogen and oxygen atoms in total. The molecule has 92 valence electrons. The van der Waals surface area contributed by atoms with Crippen molar-refractivity contribution >= 4 is 50.1 Å². The largest absolute Gasteiger partial charge is 0.507 e. The second-order valence-corrected chi connectivity index (χ2v) is 5.79. The van der Waals surface area contributed by atoms with Gasteiger partial charge in [-0.1, -0.05) is 22.0 Å². The predicted molar refractivity (Wildman–Crippen MR) is 82.9 cm³/mol. The Morgan fingerprint density at radius 3 is 2.72 bits per heavy atom. The Hall–Kier alpha value is -1.08. The van der Waals surface area contributed by atoms with Gasteiger partial charge >= 0.3 is 0 Å². The lowest BCUT2D eigenvalue weighted by molar-refractivity contribution is 0.102. The van der Waals surface area contributed by atoms with E-state index in [0.29, 0.717) is 5.69 Å². The molecule has 2 aromatic carbocycles. The van der Waals surface area contributed by atoms with Gasteiger partial charge < -0.3 is 10.4 Å². The molecule has 2 rings (SSSR count). The van der Waals surface area contributed by atoms with Crippen LogP contribution in [0.15, 0.2) is 46.9 Å². The number of anilines is 1. The van der Waals surface area contributed by atoms with Crippen LogP contribution >= 0.6 is 38.5 Å². The fourth-order valence-electron chi connectivity index (χ4n) is 1.45. The maximum Gasteiger partial charge on any atom is 0.259 e. The minimum atomic E-state index is -0.337. The van der Waals surface area contributed by atoms with Crippen molar-refractivity contribution in [1.29, 1.82) is 0 Å². The van der Waals surface area contributed by atoms with E-state index in [1.165, 1.54) is 6.07 Å². The SMILES string of the molecule is O=C(Nc1cccc(I)c1)c1cc(Br)ccc1O. The van der Waals surface area contributed by atoms with Crippen LogP contribution in [0.25, 0.3) is 0 Å². The summed E-state index contributed by atoms with van der Waals surface area (Å²) in [4.78, 5) is 12.0. The van der Waals surface area contributed by atoms with E-state index in [1.54, 1.807) is 18.2 Å². The minimum Gasteiger partial charge on any atom is -0.507 e. The number of phenols is 1. The quantitative estimate of drug-likeness (QED) is 0.725. The minimum absolute atomic E-state index is 0.0404. The number of aromatic hydroxyl groups is 1. The fourth-order valence-corrected chi connectivity index (χ4v) is 2.36. The second-order valence-electron chi connectivity index (χ2n) is 3.63. The van der Waals surface area contributed by atoms with E-state index < -0.39 is 0 Å². The Bertz CT molecular complexity index is 601. The Morgan fingerprint density at radius 2 is 2.00 bits per heavy atom. The molecule has 0 fully saturated rings. The van der Waals surface area contributed by atoms with Gasteiger partial charge in [0.05, 0.1) is 5.56 Å². The van der Waals surface area contributed by atoms with E-state index in [4.69, 9.17) is 0 Å². The van der Waals surface area contributed by atoms with Gasteiger partial charge in [0.1, 0.15) is 5.75 Å². The molecule has 0 aliphatic heterocycles. The summed E-state index contributed by atoms with van der Waals surface area (Å²) in [5.41, 5.74) is 0.939. The average Bonchev–Trinajstić information content (AvgIpc) is 2.32. The van der Waals surface area contributed by atoms with Crippen LogP contribution in [-0.4, -0.2) is 11.0 Å². The van der Waals surface area contributed by atoms with Gasteiger partial charge in [0.2, 0.25) is 0 Å². The van der Waals surface area contributed by atoms with Crippen molar-refractivity contribution in [3.05, 3.63) is 56.1 Å².